The zero-order valence-corrected chi connectivity index (χ0v) is 21.6. The molecule has 0 fully saturated rings. The molecule has 0 spiro atoms. The van der Waals surface area contributed by atoms with Gasteiger partial charge in [0.05, 0.1) is 41.0 Å². The zero-order valence-electron chi connectivity index (χ0n) is 19.1. The molecule has 0 radical (unpaired) electrons. The third-order valence-electron chi connectivity index (χ3n) is 5.33. The maximum absolute atomic E-state index is 12.5. The summed E-state index contributed by atoms with van der Waals surface area (Å²) in [6.45, 7) is 2.52. The van der Waals surface area contributed by atoms with Gasteiger partial charge in [0.25, 0.3) is 5.91 Å². The summed E-state index contributed by atoms with van der Waals surface area (Å²) in [6.07, 6.45) is 2.73. The minimum atomic E-state index is -0.430. The third kappa shape index (κ3) is 5.21. The Kier molecular flexibility index (Phi) is 7.74. The van der Waals surface area contributed by atoms with Crippen LogP contribution in [0.25, 0.3) is 10.2 Å². The molecule has 2 heterocycles. The number of nitrogens with zero attached hydrogens (tertiary/aromatic N) is 2. The van der Waals surface area contributed by atoms with Crippen LogP contribution in [0.2, 0.25) is 0 Å². The molecule has 8 nitrogen and oxygen atoms in total. The fourth-order valence-electron chi connectivity index (χ4n) is 3.82. The molecular weight excluding hydrogens is 494 g/mol. The first kappa shape index (κ1) is 24.5. The molecule has 0 atom stereocenters. The Morgan fingerprint density at radius 1 is 1.21 bits per heavy atom. The number of methoxy groups -OCH3 is 1. The highest BCUT2D eigenvalue weighted by molar-refractivity contribution is 8.00. The lowest BCUT2D eigenvalue weighted by Crippen LogP contribution is -2.18. The van der Waals surface area contributed by atoms with E-state index in [1.54, 1.807) is 0 Å². The van der Waals surface area contributed by atoms with E-state index in [1.165, 1.54) is 41.5 Å². The van der Waals surface area contributed by atoms with Gasteiger partial charge in [0.2, 0.25) is 5.91 Å². The van der Waals surface area contributed by atoms with E-state index in [4.69, 9.17) is 9.47 Å². The van der Waals surface area contributed by atoms with Crippen LogP contribution in [0, 0.1) is 0 Å². The Bertz CT molecular complexity index is 1320. The summed E-state index contributed by atoms with van der Waals surface area (Å²) in [5.41, 5.74) is 2.42. The van der Waals surface area contributed by atoms with Crippen LogP contribution in [0.4, 0.5) is 5.00 Å². The van der Waals surface area contributed by atoms with Crippen LogP contribution in [0.15, 0.2) is 23.2 Å². The molecule has 0 saturated carbocycles. The van der Waals surface area contributed by atoms with Gasteiger partial charge in [-0.3, -0.25) is 9.59 Å². The quantitative estimate of drug-likeness (QED) is 0.455. The number of esters is 1. The molecule has 1 aliphatic carbocycles. The first-order chi connectivity index (χ1) is 16.4. The summed E-state index contributed by atoms with van der Waals surface area (Å²) < 4.78 is 13.3. The van der Waals surface area contributed by atoms with Gasteiger partial charge in [-0.25, -0.2) is 4.79 Å². The number of nitrogens with one attached hydrogen (secondary N) is 1. The fourth-order valence-corrected chi connectivity index (χ4v) is 6.78. The summed E-state index contributed by atoms with van der Waals surface area (Å²) in [7, 11) is 3.20. The topological polar surface area (TPSA) is 99.0 Å². The number of fused-ring (bicyclic) bond motifs is 2. The van der Waals surface area contributed by atoms with Crippen molar-refractivity contribution in [3.63, 3.8) is 0 Å². The van der Waals surface area contributed by atoms with Gasteiger partial charge in [0.15, 0.2) is 4.80 Å². The Labute approximate surface area is 209 Å². The number of ether oxygens (including phenoxy) is 2. The number of thiazole rings is 1. The predicted molar refractivity (Wildman–Crippen MR) is 136 cm³/mol. The van der Waals surface area contributed by atoms with E-state index < -0.39 is 5.97 Å². The van der Waals surface area contributed by atoms with E-state index in [-0.39, 0.29) is 23.3 Å². The van der Waals surface area contributed by atoms with Crippen molar-refractivity contribution in [1.82, 2.24) is 4.57 Å². The smallest absolute Gasteiger partial charge is 0.341 e. The second kappa shape index (κ2) is 10.7. The molecule has 0 unspecified atom stereocenters. The largest absolute Gasteiger partial charge is 0.494 e. The average molecular weight is 520 g/mol. The number of carbonyl (C=O) groups is 3. The molecule has 3 aromatic rings. The molecule has 180 valence electrons. The van der Waals surface area contributed by atoms with Gasteiger partial charge in [0, 0.05) is 11.9 Å². The number of rotatable bonds is 8. The molecular formula is C23H25N3O5S3. The molecule has 2 amide bonds. The van der Waals surface area contributed by atoms with Gasteiger partial charge < -0.3 is 19.4 Å². The van der Waals surface area contributed by atoms with E-state index in [2.05, 4.69) is 10.3 Å². The summed E-state index contributed by atoms with van der Waals surface area (Å²) >= 11 is 4.04. The number of hydrogen-bond acceptors (Lipinski definition) is 8. The van der Waals surface area contributed by atoms with Gasteiger partial charge in [-0.1, -0.05) is 11.3 Å². The monoisotopic (exact) mass is 519 g/mol. The molecule has 34 heavy (non-hydrogen) atoms. The third-order valence-corrected chi connectivity index (χ3v) is 8.55. The molecule has 4 rings (SSSR count). The summed E-state index contributed by atoms with van der Waals surface area (Å²) in [5, 5.41) is 3.35. The van der Waals surface area contributed by atoms with Crippen molar-refractivity contribution >= 4 is 67.4 Å². The maximum atomic E-state index is 12.5. The van der Waals surface area contributed by atoms with E-state index >= 15 is 0 Å². The second-order valence-electron chi connectivity index (χ2n) is 7.61. The minimum absolute atomic E-state index is 0.0800. The fraction of sp³-hybridized carbons (Fsp3) is 0.391. The Morgan fingerprint density at radius 2 is 2.03 bits per heavy atom. The first-order valence-corrected chi connectivity index (χ1v) is 13.6. The van der Waals surface area contributed by atoms with E-state index in [1.807, 2.05) is 36.7 Å². The van der Waals surface area contributed by atoms with Crippen LogP contribution in [-0.4, -0.2) is 47.6 Å². The first-order valence-electron chi connectivity index (χ1n) is 10.8. The summed E-state index contributed by atoms with van der Waals surface area (Å²) in [6, 6.07) is 5.78. The van der Waals surface area contributed by atoms with E-state index in [0.29, 0.717) is 22.0 Å². The van der Waals surface area contributed by atoms with Crippen molar-refractivity contribution in [2.24, 2.45) is 12.0 Å². The lowest BCUT2D eigenvalue weighted by Gasteiger charge is -2.06. The second-order valence-corrected chi connectivity index (χ2v) is 10.7. The highest BCUT2D eigenvalue weighted by atomic mass is 32.2. The van der Waals surface area contributed by atoms with Gasteiger partial charge in [0.1, 0.15) is 10.8 Å². The van der Waals surface area contributed by atoms with Crippen LogP contribution in [0.1, 0.15) is 34.1 Å². The van der Waals surface area contributed by atoms with Crippen LogP contribution in [-0.2, 0) is 34.2 Å². The molecule has 0 aliphatic heterocycles. The highest BCUT2D eigenvalue weighted by Crippen LogP contribution is 2.39. The molecule has 1 N–H and O–H groups in total. The Morgan fingerprint density at radius 3 is 2.79 bits per heavy atom. The number of carbonyl (C=O) groups excluding carboxylic acids is 3. The van der Waals surface area contributed by atoms with Crippen molar-refractivity contribution in [2.75, 3.05) is 30.5 Å². The average Bonchev–Trinajstić information content (AvgIpc) is 3.47. The zero-order chi connectivity index (χ0) is 24.2. The Hall–Kier alpha value is -2.63. The molecule has 2 aromatic heterocycles. The number of aromatic nitrogens is 1. The molecule has 11 heteroatoms. The summed E-state index contributed by atoms with van der Waals surface area (Å²) in [5.74, 6) is -0.0604. The van der Waals surface area contributed by atoms with E-state index in [9.17, 15) is 14.4 Å². The van der Waals surface area contributed by atoms with Crippen molar-refractivity contribution in [2.45, 2.75) is 26.2 Å². The number of benzene rings is 1. The van der Waals surface area contributed by atoms with Crippen molar-refractivity contribution in [1.29, 1.82) is 0 Å². The lowest BCUT2D eigenvalue weighted by molar-refractivity contribution is -0.115. The number of amides is 2. The number of anilines is 1. The van der Waals surface area contributed by atoms with Crippen LogP contribution >= 0.6 is 34.4 Å². The number of thiophene rings is 1. The minimum Gasteiger partial charge on any atom is -0.494 e. The van der Waals surface area contributed by atoms with E-state index in [0.717, 1.165) is 45.7 Å². The number of aryl methyl sites for hydroxylation is 2. The van der Waals surface area contributed by atoms with Gasteiger partial charge in [-0.15, -0.1) is 23.1 Å². The predicted octanol–water partition coefficient (Wildman–Crippen LogP) is 3.77. The normalized spacial score (nSPS) is 13.2. The standard InChI is InChI=1S/C23H25N3O5S3/c1-4-31-13-8-9-15-17(10-13)34-23(26(15)2)25-19(28)12-32-11-18(27)24-21-20(22(29)30-3)14-6-5-7-16(14)33-21/h8-10H,4-7,11-12H2,1-3H3,(H,24,27). The SMILES string of the molecule is CCOc1ccc2c(c1)sc(=NC(=O)CSCC(=O)Nc1sc3c(c1C(=O)OC)CCC3)n2C. The van der Waals surface area contributed by atoms with Crippen LogP contribution < -0.4 is 14.9 Å². The summed E-state index contributed by atoms with van der Waals surface area (Å²) in [4.78, 5) is 43.0. The molecule has 0 saturated heterocycles. The maximum Gasteiger partial charge on any atom is 0.341 e. The van der Waals surface area contributed by atoms with Gasteiger partial charge in [-0.2, -0.15) is 4.99 Å². The van der Waals surface area contributed by atoms with Crippen molar-refractivity contribution in [3.8, 4) is 5.75 Å². The van der Waals surface area contributed by atoms with Crippen molar-refractivity contribution in [3.05, 3.63) is 39.0 Å². The molecule has 1 aromatic carbocycles. The molecule has 1 aliphatic rings. The van der Waals surface area contributed by atoms with Gasteiger partial charge in [-0.05, 0) is 49.9 Å². The number of thioether (sulfide) groups is 1. The van der Waals surface area contributed by atoms with Crippen LogP contribution in [0.3, 0.4) is 0 Å². The van der Waals surface area contributed by atoms with Crippen molar-refractivity contribution < 1.29 is 23.9 Å². The molecule has 0 bridgehead atoms. The van der Waals surface area contributed by atoms with Crippen LogP contribution in [0.5, 0.6) is 5.75 Å². The Balaban J connectivity index is 1.36. The number of hydrogen-bond donors (Lipinski definition) is 1. The van der Waals surface area contributed by atoms with Gasteiger partial charge >= 0.3 is 5.97 Å². The lowest BCUT2D eigenvalue weighted by atomic mass is 10.1. The highest BCUT2D eigenvalue weighted by Gasteiger charge is 2.28.